The Kier molecular flexibility index (Phi) is 3.17. The summed E-state index contributed by atoms with van der Waals surface area (Å²) >= 11 is 0. The van der Waals surface area contributed by atoms with Crippen LogP contribution in [0, 0.1) is 0 Å². The van der Waals surface area contributed by atoms with Crippen LogP contribution in [0.25, 0.3) is 10.8 Å². The van der Waals surface area contributed by atoms with Gasteiger partial charge in [-0.2, -0.15) is 0 Å². The van der Waals surface area contributed by atoms with Gasteiger partial charge in [0.2, 0.25) is 0 Å². The first-order chi connectivity index (χ1) is 9.12. The fourth-order valence-corrected chi connectivity index (χ4v) is 2.39. The molecule has 3 nitrogen and oxygen atoms in total. The van der Waals surface area contributed by atoms with Crippen LogP contribution in [0.5, 0.6) is 0 Å². The van der Waals surface area contributed by atoms with Crippen LogP contribution in [0.2, 0.25) is 0 Å². The molecule has 1 fully saturated rings. The third-order valence-electron chi connectivity index (χ3n) is 3.35. The first-order valence-corrected chi connectivity index (χ1v) is 6.67. The van der Waals surface area contributed by atoms with Gasteiger partial charge in [0.05, 0.1) is 6.61 Å². The van der Waals surface area contributed by atoms with Gasteiger partial charge < -0.3 is 14.8 Å². The third kappa shape index (κ3) is 2.88. The molecular weight excluding hydrogens is 238 g/mol. The van der Waals surface area contributed by atoms with Gasteiger partial charge in [-0.05, 0) is 36.8 Å². The zero-order chi connectivity index (χ0) is 13.3. The predicted molar refractivity (Wildman–Crippen MR) is 77.3 cm³/mol. The summed E-state index contributed by atoms with van der Waals surface area (Å²) in [4.78, 5) is 0. The standard InChI is InChI=1S/C16H19NO2/c1-16(2)18-11-15(19-16)10-17-14-8-7-12-5-3-4-6-13(12)9-14/h3-9,15,17H,10-11H2,1-2H3. The van der Waals surface area contributed by atoms with Crippen LogP contribution < -0.4 is 5.32 Å². The summed E-state index contributed by atoms with van der Waals surface area (Å²) in [6.45, 7) is 5.31. The highest BCUT2D eigenvalue weighted by Gasteiger charge is 2.32. The van der Waals surface area contributed by atoms with Gasteiger partial charge in [0.25, 0.3) is 0 Å². The molecule has 2 aromatic carbocycles. The van der Waals surface area contributed by atoms with Crippen LogP contribution in [-0.2, 0) is 9.47 Å². The van der Waals surface area contributed by atoms with E-state index >= 15 is 0 Å². The number of hydrogen-bond donors (Lipinski definition) is 1. The number of hydrogen-bond acceptors (Lipinski definition) is 3. The lowest BCUT2D eigenvalue weighted by atomic mass is 10.1. The number of benzene rings is 2. The van der Waals surface area contributed by atoms with E-state index in [0.29, 0.717) is 6.61 Å². The minimum atomic E-state index is -0.449. The largest absolute Gasteiger partial charge is 0.382 e. The van der Waals surface area contributed by atoms with Crippen molar-refractivity contribution >= 4 is 16.5 Å². The molecule has 1 aliphatic heterocycles. The summed E-state index contributed by atoms with van der Waals surface area (Å²) in [6, 6.07) is 14.8. The summed E-state index contributed by atoms with van der Waals surface area (Å²) in [5.74, 6) is -0.449. The highest BCUT2D eigenvalue weighted by Crippen LogP contribution is 2.23. The molecule has 3 heteroatoms. The fraction of sp³-hybridized carbons (Fsp3) is 0.375. The van der Waals surface area contributed by atoms with Crippen molar-refractivity contribution in [2.45, 2.75) is 25.7 Å². The van der Waals surface area contributed by atoms with E-state index in [2.05, 4.69) is 47.8 Å². The zero-order valence-electron chi connectivity index (χ0n) is 11.3. The summed E-state index contributed by atoms with van der Waals surface area (Å²) in [7, 11) is 0. The zero-order valence-corrected chi connectivity index (χ0v) is 11.3. The second-order valence-corrected chi connectivity index (χ2v) is 5.39. The van der Waals surface area contributed by atoms with Crippen LogP contribution in [0.15, 0.2) is 42.5 Å². The average molecular weight is 257 g/mol. The molecule has 0 spiro atoms. The Balaban J connectivity index is 1.66. The van der Waals surface area contributed by atoms with Crippen molar-refractivity contribution < 1.29 is 9.47 Å². The second kappa shape index (κ2) is 4.83. The average Bonchev–Trinajstić information content (AvgIpc) is 2.76. The molecule has 0 amide bonds. The maximum absolute atomic E-state index is 5.77. The molecule has 100 valence electrons. The Morgan fingerprint density at radius 3 is 2.68 bits per heavy atom. The molecule has 0 radical (unpaired) electrons. The van der Waals surface area contributed by atoms with Crippen LogP contribution >= 0.6 is 0 Å². The van der Waals surface area contributed by atoms with Gasteiger partial charge in [-0.3, -0.25) is 0 Å². The van der Waals surface area contributed by atoms with Crippen molar-refractivity contribution in [2.24, 2.45) is 0 Å². The molecule has 2 aromatic rings. The molecule has 1 aliphatic rings. The normalized spacial score (nSPS) is 21.7. The Hall–Kier alpha value is -1.58. The molecular formula is C16H19NO2. The van der Waals surface area contributed by atoms with Gasteiger partial charge >= 0.3 is 0 Å². The molecule has 1 atom stereocenters. The lowest BCUT2D eigenvalue weighted by Crippen LogP contribution is -2.25. The molecule has 1 N–H and O–H groups in total. The first kappa shape index (κ1) is 12.5. The van der Waals surface area contributed by atoms with Crippen molar-refractivity contribution in [3.8, 4) is 0 Å². The highest BCUT2D eigenvalue weighted by atomic mass is 16.7. The van der Waals surface area contributed by atoms with Gasteiger partial charge in [-0.1, -0.05) is 30.3 Å². The van der Waals surface area contributed by atoms with Crippen molar-refractivity contribution in [2.75, 3.05) is 18.5 Å². The lowest BCUT2D eigenvalue weighted by molar-refractivity contribution is -0.136. The quantitative estimate of drug-likeness (QED) is 0.914. The first-order valence-electron chi connectivity index (χ1n) is 6.67. The molecule has 0 aromatic heterocycles. The van der Waals surface area contributed by atoms with Crippen LogP contribution in [-0.4, -0.2) is 25.0 Å². The smallest absolute Gasteiger partial charge is 0.163 e. The SMILES string of the molecule is CC1(C)OCC(CNc2ccc3ccccc3c2)O1. The van der Waals surface area contributed by atoms with Crippen molar-refractivity contribution in [3.05, 3.63) is 42.5 Å². The van der Waals surface area contributed by atoms with E-state index in [4.69, 9.17) is 9.47 Å². The Morgan fingerprint density at radius 1 is 1.16 bits per heavy atom. The van der Waals surface area contributed by atoms with E-state index in [1.165, 1.54) is 10.8 Å². The highest BCUT2D eigenvalue weighted by molar-refractivity contribution is 5.85. The van der Waals surface area contributed by atoms with E-state index in [1.54, 1.807) is 0 Å². The predicted octanol–water partition coefficient (Wildman–Crippen LogP) is 3.40. The van der Waals surface area contributed by atoms with E-state index in [9.17, 15) is 0 Å². The van der Waals surface area contributed by atoms with Crippen molar-refractivity contribution in [1.82, 2.24) is 0 Å². The van der Waals surface area contributed by atoms with Crippen LogP contribution in [0.1, 0.15) is 13.8 Å². The summed E-state index contributed by atoms with van der Waals surface area (Å²) in [5.41, 5.74) is 1.12. The second-order valence-electron chi connectivity index (χ2n) is 5.39. The number of fused-ring (bicyclic) bond motifs is 1. The number of anilines is 1. The maximum Gasteiger partial charge on any atom is 0.163 e. The van der Waals surface area contributed by atoms with Gasteiger partial charge in [0.1, 0.15) is 6.10 Å². The molecule has 1 saturated heterocycles. The Bertz CT molecular complexity index is 580. The van der Waals surface area contributed by atoms with E-state index < -0.39 is 5.79 Å². The minimum Gasteiger partial charge on any atom is -0.382 e. The summed E-state index contributed by atoms with van der Waals surface area (Å²) in [5, 5.41) is 5.92. The van der Waals surface area contributed by atoms with Crippen LogP contribution in [0.4, 0.5) is 5.69 Å². The fourth-order valence-electron chi connectivity index (χ4n) is 2.39. The van der Waals surface area contributed by atoms with Gasteiger partial charge in [-0.15, -0.1) is 0 Å². The van der Waals surface area contributed by atoms with Crippen LogP contribution in [0.3, 0.4) is 0 Å². The van der Waals surface area contributed by atoms with Gasteiger partial charge in [0, 0.05) is 12.2 Å². The molecule has 0 saturated carbocycles. The van der Waals surface area contributed by atoms with Crippen molar-refractivity contribution in [3.63, 3.8) is 0 Å². The Morgan fingerprint density at radius 2 is 1.95 bits per heavy atom. The molecule has 19 heavy (non-hydrogen) atoms. The Labute approximate surface area is 113 Å². The van der Waals surface area contributed by atoms with Crippen molar-refractivity contribution in [1.29, 1.82) is 0 Å². The summed E-state index contributed by atoms with van der Waals surface area (Å²) < 4.78 is 11.3. The number of ether oxygens (including phenoxy) is 2. The maximum atomic E-state index is 5.77. The molecule has 0 bridgehead atoms. The van der Waals surface area contributed by atoms with Gasteiger partial charge in [0.15, 0.2) is 5.79 Å². The van der Waals surface area contributed by atoms with E-state index in [0.717, 1.165) is 12.2 Å². The number of nitrogens with one attached hydrogen (secondary N) is 1. The molecule has 3 rings (SSSR count). The van der Waals surface area contributed by atoms with E-state index in [1.807, 2.05) is 13.8 Å². The summed E-state index contributed by atoms with van der Waals surface area (Å²) in [6.07, 6.45) is 0.112. The molecule has 1 unspecified atom stereocenters. The van der Waals surface area contributed by atoms with E-state index in [-0.39, 0.29) is 6.10 Å². The monoisotopic (exact) mass is 257 g/mol. The minimum absolute atomic E-state index is 0.112. The molecule has 1 heterocycles. The van der Waals surface area contributed by atoms with Gasteiger partial charge in [-0.25, -0.2) is 0 Å². The molecule has 0 aliphatic carbocycles. The third-order valence-corrected chi connectivity index (χ3v) is 3.35. The lowest BCUT2D eigenvalue weighted by Gasteiger charge is -2.17. The topological polar surface area (TPSA) is 30.5 Å². The number of rotatable bonds is 3.